The molecule has 2 N–H and O–H groups in total. The lowest BCUT2D eigenvalue weighted by Gasteiger charge is -2.32. The van der Waals surface area contributed by atoms with E-state index in [2.05, 4.69) is 18.7 Å². The van der Waals surface area contributed by atoms with Gasteiger partial charge in [0.15, 0.2) is 0 Å². The zero-order chi connectivity index (χ0) is 11.5. The summed E-state index contributed by atoms with van der Waals surface area (Å²) in [6.45, 7) is 4.94. The van der Waals surface area contributed by atoms with Gasteiger partial charge in [0.1, 0.15) is 12.4 Å². The Hall–Kier alpha value is -1.22. The number of benzene rings is 1. The van der Waals surface area contributed by atoms with E-state index in [0.717, 1.165) is 11.4 Å². The maximum atomic E-state index is 5.69. The summed E-state index contributed by atoms with van der Waals surface area (Å²) in [4.78, 5) is 2.14. The zero-order valence-electron chi connectivity index (χ0n) is 9.95. The fourth-order valence-corrected chi connectivity index (χ4v) is 0.953. The number of nitrogens with zero attached hydrogens (tertiary/aromatic N) is 1. The number of hydrogen-bond donors (Lipinski definition) is 1. The van der Waals surface area contributed by atoms with Crippen LogP contribution in [-0.2, 0) is 0 Å². The largest absolute Gasteiger partial charge is 0.492 e. The Morgan fingerprint density at radius 1 is 1.20 bits per heavy atom. The van der Waals surface area contributed by atoms with Gasteiger partial charge in [0.05, 0.1) is 0 Å². The van der Waals surface area contributed by atoms with Gasteiger partial charge >= 0.3 is 0 Å². The van der Waals surface area contributed by atoms with Crippen molar-refractivity contribution in [3.63, 3.8) is 0 Å². The van der Waals surface area contributed by atoms with Gasteiger partial charge in [-0.05, 0) is 52.2 Å². The van der Waals surface area contributed by atoms with Crippen molar-refractivity contribution < 1.29 is 4.74 Å². The van der Waals surface area contributed by atoms with Crippen LogP contribution in [0.5, 0.6) is 5.75 Å². The number of likely N-dealkylation sites (N-methyl/N-ethyl adjacent to an activating group) is 1. The summed E-state index contributed by atoms with van der Waals surface area (Å²) in [5, 5.41) is 0. The van der Waals surface area contributed by atoms with Crippen LogP contribution in [0.25, 0.3) is 0 Å². The molecule has 3 heteroatoms. The van der Waals surface area contributed by atoms with Crippen LogP contribution in [0.15, 0.2) is 24.3 Å². The molecule has 3 nitrogen and oxygen atoms in total. The van der Waals surface area contributed by atoms with Crippen molar-refractivity contribution in [1.29, 1.82) is 0 Å². The molecule has 0 bridgehead atoms. The van der Waals surface area contributed by atoms with E-state index in [1.54, 1.807) is 0 Å². The minimum absolute atomic E-state index is 0.0292. The highest BCUT2D eigenvalue weighted by molar-refractivity contribution is 5.41. The van der Waals surface area contributed by atoms with Crippen molar-refractivity contribution in [3.05, 3.63) is 24.3 Å². The third-order valence-corrected chi connectivity index (χ3v) is 2.68. The quantitative estimate of drug-likeness (QED) is 0.769. The normalized spacial score (nSPS) is 11.8. The molecule has 1 aromatic rings. The van der Waals surface area contributed by atoms with Crippen LogP contribution in [0.4, 0.5) is 5.69 Å². The molecule has 0 saturated heterocycles. The number of ether oxygens (including phenoxy) is 1. The Kier molecular flexibility index (Phi) is 3.58. The molecule has 84 valence electrons. The van der Waals surface area contributed by atoms with Gasteiger partial charge in [-0.3, -0.25) is 0 Å². The van der Waals surface area contributed by atoms with Gasteiger partial charge in [0.25, 0.3) is 0 Å². The van der Waals surface area contributed by atoms with E-state index in [9.17, 15) is 0 Å². The van der Waals surface area contributed by atoms with Crippen LogP contribution in [0.1, 0.15) is 13.8 Å². The Morgan fingerprint density at radius 3 is 2.20 bits per heavy atom. The molecule has 0 radical (unpaired) electrons. The van der Waals surface area contributed by atoms with Crippen LogP contribution in [-0.4, -0.2) is 31.1 Å². The van der Waals surface area contributed by atoms with E-state index in [4.69, 9.17) is 10.5 Å². The third-order valence-electron chi connectivity index (χ3n) is 2.68. The van der Waals surface area contributed by atoms with Crippen molar-refractivity contribution in [2.24, 2.45) is 0 Å². The SMILES string of the molecule is CN(C)C(C)(C)COc1ccc(N)cc1. The summed E-state index contributed by atoms with van der Waals surface area (Å²) in [7, 11) is 4.10. The lowest BCUT2D eigenvalue weighted by molar-refractivity contribution is 0.114. The number of anilines is 1. The molecular weight excluding hydrogens is 188 g/mol. The van der Waals surface area contributed by atoms with E-state index < -0.39 is 0 Å². The minimum Gasteiger partial charge on any atom is -0.492 e. The lowest BCUT2D eigenvalue weighted by atomic mass is 10.1. The first kappa shape index (κ1) is 11.9. The van der Waals surface area contributed by atoms with Crippen molar-refractivity contribution in [3.8, 4) is 5.75 Å². The maximum Gasteiger partial charge on any atom is 0.119 e. The Morgan fingerprint density at radius 2 is 1.73 bits per heavy atom. The van der Waals surface area contributed by atoms with Crippen molar-refractivity contribution in [2.45, 2.75) is 19.4 Å². The summed E-state index contributed by atoms with van der Waals surface area (Å²) >= 11 is 0. The van der Waals surface area contributed by atoms with Crippen LogP contribution in [0.3, 0.4) is 0 Å². The average molecular weight is 208 g/mol. The first-order valence-electron chi connectivity index (χ1n) is 5.07. The molecule has 0 atom stereocenters. The summed E-state index contributed by atoms with van der Waals surface area (Å²) in [6, 6.07) is 7.47. The monoisotopic (exact) mass is 208 g/mol. The summed E-state index contributed by atoms with van der Waals surface area (Å²) in [5.41, 5.74) is 6.38. The van der Waals surface area contributed by atoms with Crippen molar-refractivity contribution in [2.75, 3.05) is 26.4 Å². The standard InChI is InChI=1S/C12H20N2O/c1-12(2,14(3)4)9-15-11-7-5-10(13)6-8-11/h5-8H,9,13H2,1-4H3. The fourth-order valence-electron chi connectivity index (χ4n) is 0.953. The van der Waals surface area contributed by atoms with Crippen molar-refractivity contribution >= 4 is 5.69 Å². The number of nitrogen functional groups attached to an aromatic ring is 1. The van der Waals surface area contributed by atoms with E-state index in [1.165, 1.54) is 0 Å². The highest BCUT2D eigenvalue weighted by Gasteiger charge is 2.21. The van der Waals surface area contributed by atoms with E-state index >= 15 is 0 Å². The van der Waals surface area contributed by atoms with Gasteiger partial charge in [-0.25, -0.2) is 0 Å². The number of hydrogen-bond acceptors (Lipinski definition) is 3. The molecule has 1 rings (SSSR count). The van der Waals surface area contributed by atoms with Crippen molar-refractivity contribution in [1.82, 2.24) is 4.90 Å². The predicted octanol–water partition coefficient (Wildman–Crippen LogP) is 1.99. The molecule has 0 spiro atoms. The van der Waals surface area contributed by atoms with Crippen LogP contribution in [0, 0.1) is 0 Å². The van der Waals surface area contributed by atoms with E-state index in [-0.39, 0.29) is 5.54 Å². The van der Waals surface area contributed by atoms with Gasteiger partial charge in [0.2, 0.25) is 0 Å². The van der Waals surface area contributed by atoms with Crippen LogP contribution >= 0.6 is 0 Å². The van der Waals surface area contributed by atoms with Gasteiger partial charge in [-0.2, -0.15) is 0 Å². The second-order valence-electron chi connectivity index (χ2n) is 4.56. The molecule has 0 aliphatic rings. The van der Waals surface area contributed by atoms with Gasteiger partial charge in [-0.1, -0.05) is 0 Å². The fraction of sp³-hybridized carbons (Fsp3) is 0.500. The Labute approximate surface area is 91.8 Å². The molecule has 15 heavy (non-hydrogen) atoms. The zero-order valence-corrected chi connectivity index (χ0v) is 9.95. The summed E-state index contributed by atoms with van der Waals surface area (Å²) in [5.74, 6) is 0.860. The molecule has 0 aliphatic carbocycles. The maximum absolute atomic E-state index is 5.69. The predicted molar refractivity (Wildman–Crippen MR) is 64.1 cm³/mol. The average Bonchev–Trinajstić information content (AvgIpc) is 2.17. The number of nitrogens with two attached hydrogens (primary N) is 1. The molecule has 0 heterocycles. The molecule has 0 saturated carbocycles. The molecule has 0 aliphatic heterocycles. The number of rotatable bonds is 4. The van der Waals surface area contributed by atoms with Crippen LogP contribution in [0.2, 0.25) is 0 Å². The third kappa shape index (κ3) is 3.44. The molecule has 0 unspecified atom stereocenters. The second kappa shape index (κ2) is 4.53. The highest BCUT2D eigenvalue weighted by Crippen LogP contribution is 2.16. The Bertz CT molecular complexity index is 304. The molecular formula is C12H20N2O. The molecule has 0 aromatic heterocycles. The second-order valence-corrected chi connectivity index (χ2v) is 4.56. The first-order chi connectivity index (χ1) is 6.92. The molecule has 0 fully saturated rings. The van der Waals surface area contributed by atoms with Crippen LogP contribution < -0.4 is 10.5 Å². The van der Waals surface area contributed by atoms with Gasteiger partial charge in [0, 0.05) is 11.2 Å². The minimum atomic E-state index is 0.0292. The van der Waals surface area contributed by atoms with Gasteiger partial charge in [-0.15, -0.1) is 0 Å². The molecule has 0 amide bonds. The van der Waals surface area contributed by atoms with E-state index in [1.807, 2.05) is 38.4 Å². The topological polar surface area (TPSA) is 38.5 Å². The summed E-state index contributed by atoms with van der Waals surface area (Å²) in [6.07, 6.45) is 0. The lowest BCUT2D eigenvalue weighted by Crippen LogP contribution is -2.43. The van der Waals surface area contributed by atoms with E-state index in [0.29, 0.717) is 6.61 Å². The summed E-state index contributed by atoms with van der Waals surface area (Å²) < 4.78 is 5.69. The molecule has 1 aromatic carbocycles. The Balaban J connectivity index is 2.54. The van der Waals surface area contributed by atoms with Gasteiger partial charge < -0.3 is 15.4 Å². The highest BCUT2D eigenvalue weighted by atomic mass is 16.5. The smallest absolute Gasteiger partial charge is 0.119 e. The first-order valence-corrected chi connectivity index (χ1v) is 5.07.